The molecular formula is C20H22N4O3. The third-order valence-electron chi connectivity index (χ3n) is 4.22. The number of aryl methyl sites for hydroxylation is 2. The summed E-state index contributed by atoms with van der Waals surface area (Å²) < 4.78 is 7.44. The first-order chi connectivity index (χ1) is 13.0. The molecule has 0 unspecified atom stereocenters. The zero-order chi connectivity index (χ0) is 19.2. The van der Waals surface area contributed by atoms with Crippen molar-refractivity contribution in [3.05, 3.63) is 59.9 Å². The second kappa shape index (κ2) is 8.35. The van der Waals surface area contributed by atoms with Gasteiger partial charge in [0.2, 0.25) is 11.8 Å². The number of ether oxygens (including phenoxy) is 1. The smallest absolute Gasteiger partial charge is 0.245 e. The summed E-state index contributed by atoms with van der Waals surface area (Å²) in [4.78, 5) is 28.4. The molecule has 0 fully saturated rings. The SMILES string of the molecule is Cc1ccccc1OCCC(=O)NNC(=O)Cc1nc2ccccc2n1C. The summed E-state index contributed by atoms with van der Waals surface area (Å²) in [5.41, 5.74) is 7.61. The third-order valence-corrected chi connectivity index (χ3v) is 4.22. The van der Waals surface area contributed by atoms with Crippen molar-refractivity contribution >= 4 is 22.8 Å². The van der Waals surface area contributed by atoms with Crippen LogP contribution in [0.15, 0.2) is 48.5 Å². The zero-order valence-corrected chi connectivity index (χ0v) is 15.4. The number of hydrazine groups is 1. The van der Waals surface area contributed by atoms with E-state index in [1.807, 2.05) is 67.1 Å². The van der Waals surface area contributed by atoms with Crippen LogP contribution in [0.25, 0.3) is 11.0 Å². The summed E-state index contributed by atoms with van der Waals surface area (Å²) >= 11 is 0. The first kappa shape index (κ1) is 18.4. The lowest BCUT2D eigenvalue weighted by Gasteiger charge is -2.10. The quantitative estimate of drug-likeness (QED) is 0.654. The maximum absolute atomic E-state index is 12.1. The summed E-state index contributed by atoms with van der Waals surface area (Å²) in [5.74, 6) is 0.727. The minimum atomic E-state index is -0.332. The number of aromatic nitrogens is 2. The summed E-state index contributed by atoms with van der Waals surface area (Å²) in [7, 11) is 1.86. The Hall–Kier alpha value is -3.35. The van der Waals surface area contributed by atoms with E-state index in [4.69, 9.17) is 4.74 Å². The van der Waals surface area contributed by atoms with Crippen LogP contribution in [0.5, 0.6) is 5.75 Å². The van der Waals surface area contributed by atoms with Gasteiger partial charge >= 0.3 is 0 Å². The first-order valence-electron chi connectivity index (χ1n) is 8.71. The van der Waals surface area contributed by atoms with Crippen LogP contribution in [0.4, 0.5) is 0 Å². The van der Waals surface area contributed by atoms with Crippen LogP contribution >= 0.6 is 0 Å². The van der Waals surface area contributed by atoms with Crippen LogP contribution in [0.1, 0.15) is 17.8 Å². The number of hydrogen-bond donors (Lipinski definition) is 2. The third kappa shape index (κ3) is 4.63. The predicted molar refractivity (Wildman–Crippen MR) is 102 cm³/mol. The number of nitrogens with one attached hydrogen (secondary N) is 2. The number of benzene rings is 2. The number of rotatable bonds is 6. The van der Waals surface area contributed by atoms with E-state index in [1.165, 1.54) is 0 Å². The minimum absolute atomic E-state index is 0.0746. The second-order valence-electron chi connectivity index (χ2n) is 6.21. The molecule has 0 spiro atoms. The van der Waals surface area contributed by atoms with E-state index in [0.717, 1.165) is 22.3 Å². The van der Waals surface area contributed by atoms with Crippen molar-refractivity contribution in [2.75, 3.05) is 6.61 Å². The normalized spacial score (nSPS) is 10.6. The number of imidazole rings is 1. The fraction of sp³-hybridized carbons (Fsp3) is 0.250. The number of nitrogens with zero attached hydrogens (tertiary/aromatic N) is 2. The molecule has 0 aliphatic heterocycles. The number of para-hydroxylation sites is 3. The van der Waals surface area contributed by atoms with Crippen LogP contribution in [-0.4, -0.2) is 28.0 Å². The van der Waals surface area contributed by atoms with Gasteiger partial charge in [-0.1, -0.05) is 30.3 Å². The number of carbonyl (C=O) groups excluding carboxylic acids is 2. The average Bonchev–Trinajstić information content (AvgIpc) is 2.97. The van der Waals surface area contributed by atoms with E-state index < -0.39 is 0 Å². The highest BCUT2D eigenvalue weighted by atomic mass is 16.5. The molecule has 7 nitrogen and oxygen atoms in total. The Labute approximate surface area is 157 Å². The van der Waals surface area contributed by atoms with E-state index in [2.05, 4.69) is 15.8 Å². The molecule has 2 amide bonds. The number of hydrogen-bond acceptors (Lipinski definition) is 4. The van der Waals surface area contributed by atoms with Crippen LogP contribution in [0.2, 0.25) is 0 Å². The summed E-state index contributed by atoms with van der Waals surface area (Å²) in [5, 5.41) is 0. The molecule has 0 saturated carbocycles. The maximum atomic E-state index is 12.1. The van der Waals surface area contributed by atoms with Gasteiger partial charge in [-0.2, -0.15) is 0 Å². The van der Waals surface area contributed by atoms with Crippen LogP contribution in [0.3, 0.4) is 0 Å². The fourth-order valence-corrected chi connectivity index (χ4v) is 2.72. The molecule has 0 saturated heterocycles. The summed E-state index contributed by atoms with van der Waals surface area (Å²) in [6.07, 6.45) is 0.214. The lowest BCUT2D eigenvalue weighted by atomic mass is 10.2. The van der Waals surface area contributed by atoms with Gasteiger partial charge in [-0.15, -0.1) is 0 Å². The Morgan fingerprint density at radius 1 is 1.04 bits per heavy atom. The highest BCUT2D eigenvalue weighted by Crippen LogP contribution is 2.16. The van der Waals surface area contributed by atoms with Gasteiger partial charge in [-0.05, 0) is 30.7 Å². The van der Waals surface area contributed by atoms with Crippen molar-refractivity contribution in [1.82, 2.24) is 20.4 Å². The largest absolute Gasteiger partial charge is 0.493 e. The van der Waals surface area contributed by atoms with Gasteiger partial charge in [-0.3, -0.25) is 20.4 Å². The van der Waals surface area contributed by atoms with Gasteiger partial charge in [0, 0.05) is 7.05 Å². The molecule has 0 aliphatic carbocycles. The second-order valence-corrected chi connectivity index (χ2v) is 6.21. The standard InChI is InChI=1S/C20H22N4O3/c1-14-7-3-6-10-17(14)27-12-11-19(25)22-23-20(26)13-18-21-15-8-4-5-9-16(15)24(18)2/h3-10H,11-13H2,1-2H3,(H,22,25)(H,23,26). The Morgan fingerprint density at radius 3 is 2.52 bits per heavy atom. The van der Waals surface area contributed by atoms with E-state index in [0.29, 0.717) is 5.82 Å². The topological polar surface area (TPSA) is 85.2 Å². The van der Waals surface area contributed by atoms with Crippen molar-refractivity contribution in [2.45, 2.75) is 19.8 Å². The highest BCUT2D eigenvalue weighted by molar-refractivity contribution is 5.84. The van der Waals surface area contributed by atoms with Crippen molar-refractivity contribution in [2.24, 2.45) is 7.05 Å². The minimum Gasteiger partial charge on any atom is -0.493 e. The molecule has 0 bridgehead atoms. The van der Waals surface area contributed by atoms with Crippen molar-refractivity contribution in [3.63, 3.8) is 0 Å². The molecule has 0 aliphatic rings. The number of fused-ring (bicyclic) bond motifs is 1. The monoisotopic (exact) mass is 366 g/mol. The van der Waals surface area contributed by atoms with Crippen LogP contribution in [0, 0.1) is 6.92 Å². The van der Waals surface area contributed by atoms with Crippen molar-refractivity contribution in [3.8, 4) is 5.75 Å². The lowest BCUT2D eigenvalue weighted by Crippen LogP contribution is -2.43. The molecule has 1 aromatic heterocycles. The Balaban J connectivity index is 1.44. The Bertz CT molecular complexity index is 965. The molecule has 0 radical (unpaired) electrons. The van der Waals surface area contributed by atoms with E-state index in [-0.39, 0.29) is 31.3 Å². The van der Waals surface area contributed by atoms with Crippen LogP contribution in [-0.2, 0) is 23.1 Å². The Kier molecular flexibility index (Phi) is 5.71. The van der Waals surface area contributed by atoms with Gasteiger partial charge < -0.3 is 9.30 Å². The lowest BCUT2D eigenvalue weighted by molar-refractivity contribution is -0.128. The van der Waals surface area contributed by atoms with Crippen molar-refractivity contribution in [1.29, 1.82) is 0 Å². The molecule has 140 valence electrons. The molecule has 0 atom stereocenters. The van der Waals surface area contributed by atoms with Crippen molar-refractivity contribution < 1.29 is 14.3 Å². The fourth-order valence-electron chi connectivity index (χ4n) is 2.72. The first-order valence-corrected chi connectivity index (χ1v) is 8.71. The molecular weight excluding hydrogens is 344 g/mol. The van der Waals surface area contributed by atoms with Gasteiger partial charge in [0.05, 0.1) is 30.5 Å². The van der Waals surface area contributed by atoms with E-state index in [1.54, 1.807) is 0 Å². The number of amides is 2. The highest BCUT2D eigenvalue weighted by Gasteiger charge is 2.12. The molecule has 3 rings (SSSR count). The van der Waals surface area contributed by atoms with Gasteiger partial charge in [0.25, 0.3) is 0 Å². The molecule has 27 heavy (non-hydrogen) atoms. The maximum Gasteiger partial charge on any atom is 0.245 e. The molecule has 1 heterocycles. The van der Waals surface area contributed by atoms with Gasteiger partial charge in [0.1, 0.15) is 11.6 Å². The van der Waals surface area contributed by atoms with E-state index >= 15 is 0 Å². The molecule has 7 heteroatoms. The van der Waals surface area contributed by atoms with E-state index in [9.17, 15) is 9.59 Å². The molecule has 2 aromatic carbocycles. The molecule has 3 aromatic rings. The van der Waals surface area contributed by atoms with Crippen LogP contribution < -0.4 is 15.6 Å². The average molecular weight is 366 g/mol. The predicted octanol–water partition coefficient (Wildman–Crippen LogP) is 2.04. The Morgan fingerprint density at radius 2 is 1.74 bits per heavy atom. The molecule has 2 N–H and O–H groups in total. The van der Waals surface area contributed by atoms with Gasteiger partial charge in [-0.25, -0.2) is 4.98 Å². The van der Waals surface area contributed by atoms with Gasteiger partial charge in [0.15, 0.2) is 0 Å². The summed E-state index contributed by atoms with van der Waals surface area (Å²) in [6.45, 7) is 2.17. The number of carbonyl (C=O) groups is 2. The summed E-state index contributed by atoms with van der Waals surface area (Å²) in [6, 6.07) is 15.3. The zero-order valence-electron chi connectivity index (χ0n) is 15.4.